The first-order chi connectivity index (χ1) is 9.51. The summed E-state index contributed by atoms with van der Waals surface area (Å²) in [6.07, 6.45) is 8.11. The van der Waals surface area contributed by atoms with Crippen molar-refractivity contribution in [1.82, 2.24) is 10.3 Å². The summed E-state index contributed by atoms with van der Waals surface area (Å²) >= 11 is 0. The molecule has 114 valence electrons. The average Bonchev–Trinajstić information content (AvgIpc) is 2.40. The molecule has 0 amide bonds. The van der Waals surface area contributed by atoms with Crippen LogP contribution in [-0.2, 0) is 6.54 Å². The Labute approximate surface area is 124 Å². The maximum atomic E-state index is 5.72. The number of pyridine rings is 1. The lowest BCUT2D eigenvalue weighted by atomic mass is 10.1. The fourth-order valence-electron chi connectivity index (χ4n) is 1.89. The molecule has 0 saturated heterocycles. The van der Waals surface area contributed by atoms with Gasteiger partial charge in [0.05, 0.1) is 6.61 Å². The molecule has 0 bridgehead atoms. The first-order valence-corrected chi connectivity index (χ1v) is 7.84. The standard InChI is InChI=1S/C17H30N2O/c1-5-6-7-8-9-12-20-16-13-15(10-11-18-16)14-19-17(2,3)4/h10-11,13,19H,5-9,12,14H2,1-4H3. The highest BCUT2D eigenvalue weighted by atomic mass is 16.5. The minimum Gasteiger partial charge on any atom is -0.478 e. The maximum absolute atomic E-state index is 5.72. The van der Waals surface area contributed by atoms with E-state index in [1.807, 2.05) is 18.3 Å². The van der Waals surface area contributed by atoms with Crippen LogP contribution in [0.1, 0.15) is 65.4 Å². The molecule has 0 fully saturated rings. The van der Waals surface area contributed by atoms with Crippen LogP contribution in [-0.4, -0.2) is 17.1 Å². The summed E-state index contributed by atoms with van der Waals surface area (Å²) in [4.78, 5) is 4.27. The molecule has 1 aromatic rings. The zero-order chi connectivity index (χ0) is 14.8. The maximum Gasteiger partial charge on any atom is 0.213 e. The highest BCUT2D eigenvalue weighted by Crippen LogP contribution is 2.12. The largest absolute Gasteiger partial charge is 0.478 e. The van der Waals surface area contributed by atoms with Crippen molar-refractivity contribution in [3.63, 3.8) is 0 Å². The molecule has 0 spiro atoms. The van der Waals surface area contributed by atoms with Crippen LogP contribution >= 0.6 is 0 Å². The van der Waals surface area contributed by atoms with E-state index in [1.54, 1.807) is 0 Å². The van der Waals surface area contributed by atoms with Gasteiger partial charge in [0.2, 0.25) is 5.88 Å². The molecule has 0 unspecified atom stereocenters. The number of nitrogens with zero attached hydrogens (tertiary/aromatic N) is 1. The van der Waals surface area contributed by atoms with Crippen molar-refractivity contribution in [3.8, 4) is 5.88 Å². The van der Waals surface area contributed by atoms with Crippen LogP contribution in [0.25, 0.3) is 0 Å². The van der Waals surface area contributed by atoms with Gasteiger partial charge in [-0.15, -0.1) is 0 Å². The summed E-state index contributed by atoms with van der Waals surface area (Å²) < 4.78 is 5.72. The Hall–Kier alpha value is -1.09. The molecule has 3 heteroatoms. The number of aromatic nitrogens is 1. The number of unbranched alkanes of at least 4 members (excludes halogenated alkanes) is 4. The summed E-state index contributed by atoms with van der Waals surface area (Å²) in [6.45, 7) is 10.4. The number of hydrogen-bond acceptors (Lipinski definition) is 3. The zero-order valence-corrected chi connectivity index (χ0v) is 13.5. The van der Waals surface area contributed by atoms with Crippen molar-refractivity contribution in [3.05, 3.63) is 23.9 Å². The van der Waals surface area contributed by atoms with Crippen molar-refractivity contribution < 1.29 is 4.74 Å². The lowest BCUT2D eigenvalue weighted by molar-refractivity contribution is 0.293. The number of hydrogen-bond donors (Lipinski definition) is 1. The second-order valence-electron chi connectivity index (χ2n) is 6.37. The van der Waals surface area contributed by atoms with Gasteiger partial charge in [0.25, 0.3) is 0 Å². The van der Waals surface area contributed by atoms with E-state index >= 15 is 0 Å². The smallest absolute Gasteiger partial charge is 0.213 e. The van der Waals surface area contributed by atoms with Crippen molar-refractivity contribution in [2.24, 2.45) is 0 Å². The monoisotopic (exact) mass is 278 g/mol. The van der Waals surface area contributed by atoms with Crippen molar-refractivity contribution in [2.75, 3.05) is 6.61 Å². The van der Waals surface area contributed by atoms with E-state index in [0.29, 0.717) is 0 Å². The van der Waals surface area contributed by atoms with Crippen LogP contribution in [0.3, 0.4) is 0 Å². The van der Waals surface area contributed by atoms with Gasteiger partial charge in [-0.1, -0.05) is 32.6 Å². The molecule has 1 rings (SSSR count). The van der Waals surface area contributed by atoms with Crippen LogP contribution in [0.4, 0.5) is 0 Å². The Balaban J connectivity index is 2.29. The molecular weight excluding hydrogens is 248 g/mol. The third-order valence-corrected chi connectivity index (χ3v) is 3.12. The lowest BCUT2D eigenvalue weighted by Crippen LogP contribution is -2.35. The Morgan fingerprint density at radius 2 is 1.90 bits per heavy atom. The van der Waals surface area contributed by atoms with Gasteiger partial charge in [0, 0.05) is 24.3 Å². The van der Waals surface area contributed by atoms with Gasteiger partial charge in [0.15, 0.2) is 0 Å². The highest BCUT2D eigenvalue weighted by Gasteiger charge is 2.08. The minimum atomic E-state index is 0.129. The molecule has 1 N–H and O–H groups in total. The molecule has 3 nitrogen and oxygen atoms in total. The third kappa shape index (κ3) is 8.16. The molecule has 0 saturated carbocycles. The average molecular weight is 278 g/mol. The van der Waals surface area contributed by atoms with E-state index in [-0.39, 0.29) is 5.54 Å². The summed E-state index contributed by atoms with van der Waals surface area (Å²) in [6, 6.07) is 4.07. The van der Waals surface area contributed by atoms with Gasteiger partial charge < -0.3 is 10.1 Å². The first kappa shape index (κ1) is 17.0. The molecule has 0 aliphatic heterocycles. The molecule has 20 heavy (non-hydrogen) atoms. The summed E-state index contributed by atoms with van der Waals surface area (Å²) in [7, 11) is 0. The molecule has 0 aliphatic rings. The normalized spacial score (nSPS) is 11.6. The summed E-state index contributed by atoms with van der Waals surface area (Å²) in [5, 5.41) is 3.47. The van der Waals surface area contributed by atoms with Crippen LogP contribution in [0.2, 0.25) is 0 Å². The Kier molecular flexibility index (Phi) is 7.60. The number of rotatable bonds is 9. The van der Waals surface area contributed by atoms with Gasteiger partial charge in [-0.3, -0.25) is 0 Å². The Morgan fingerprint density at radius 3 is 2.60 bits per heavy atom. The first-order valence-electron chi connectivity index (χ1n) is 7.84. The van der Waals surface area contributed by atoms with E-state index in [4.69, 9.17) is 4.74 Å². The molecule has 1 heterocycles. The number of nitrogens with one attached hydrogen (secondary N) is 1. The van der Waals surface area contributed by atoms with E-state index in [0.717, 1.165) is 25.5 Å². The van der Waals surface area contributed by atoms with Crippen molar-refractivity contribution in [2.45, 2.75) is 71.9 Å². The van der Waals surface area contributed by atoms with Gasteiger partial charge >= 0.3 is 0 Å². The van der Waals surface area contributed by atoms with Crippen molar-refractivity contribution >= 4 is 0 Å². The molecule has 1 aromatic heterocycles. The van der Waals surface area contributed by atoms with Crippen LogP contribution in [0.15, 0.2) is 18.3 Å². The van der Waals surface area contributed by atoms with E-state index in [1.165, 1.54) is 31.2 Å². The van der Waals surface area contributed by atoms with Gasteiger partial charge in [-0.25, -0.2) is 4.98 Å². The van der Waals surface area contributed by atoms with Gasteiger partial charge in [-0.2, -0.15) is 0 Å². The number of ether oxygens (including phenoxy) is 1. The van der Waals surface area contributed by atoms with E-state index in [9.17, 15) is 0 Å². The van der Waals surface area contributed by atoms with Gasteiger partial charge in [0.1, 0.15) is 0 Å². The molecule has 0 radical (unpaired) electrons. The van der Waals surface area contributed by atoms with E-state index < -0.39 is 0 Å². The second kappa shape index (κ2) is 8.96. The second-order valence-corrected chi connectivity index (χ2v) is 6.37. The molecule has 0 aliphatic carbocycles. The highest BCUT2D eigenvalue weighted by molar-refractivity contribution is 5.20. The fourth-order valence-corrected chi connectivity index (χ4v) is 1.89. The fraction of sp³-hybridized carbons (Fsp3) is 0.706. The van der Waals surface area contributed by atoms with Crippen LogP contribution < -0.4 is 10.1 Å². The van der Waals surface area contributed by atoms with Crippen molar-refractivity contribution in [1.29, 1.82) is 0 Å². The lowest BCUT2D eigenvalue weighted by Gasteiger charge is -2.20. The molecule has 0 atom stereocenters. The predicted molar refractivity (Wildman–Crippen MR) is 85.1 cm³/mol. The zero-order valence-electron chi connectivity index (χ0n) is 13.5. The van der Waals surface area contributed by atoms with Crippen LogP contribution in [0, 0.1) is 0 Å². The summed E-state index contributed by atoms with van der Waals surface area (Å²) in [5.74, 6) is 0.744. The topological polar surface area (TPSA) is 34.1 Å². The summed E-state index contributed by atoms with van der Waals surface area (Å²) in [5.41, 5.74) is 1.35. The third-order valence-electron chi connectivity index (χ3n) is 3.12. The molecular formula is C17H30N2O. The quantitative estimate of drug-likeness (QED) is 0.683. The Bertz CT molecular complexity index is 371. The van der Waals surface area contributed by atoms with Gasteiger partial charge in [-0.05, 0) is 38.8 Å². The predicted octanol–water partition coefficient (Wildman–Crippen LogP) is 4.32. The van der Waals surface area contributed by atoms with E-state index in [2.05, 4.69) is 38.0 Å². The van der Waals surface area contributed by atoms with Crippen LogP contribution in [0.5, 0.6) is 5.88 Å². The minimum absolute atomic E-state index is 0.129. The molecule has 0 aromatic carbocycles. The SMILES string of the molecule is CCCCCCCOc1cc(CNC(C)(C)C)ccn1. The Morgan fingerprint density at radius 1 is 1.15 bits per heavy atom.